The molecule has 0 aliphatic heterocycles. The summed E-state index contributed by atoms with van der Waals surface area (Å²) in [4.78, 5) is 22.8. The first-order chi connectivity index (χ1) is 9.71. The van der Waals surface area contributed by atoms with Crippen LogP contribution in [0.1, 0.15) is 51.3 Å². The maximum atomic E-state index is 11.8. The molecule has 21 heavy (non-hydrogen) atoms. The van der Waals surface area contributed by atoms with Gasteiger partial charge in [0.25, 0.3) is 0 Å². The standard InChI is InChI=1S/C16H23NO4/c1-5-11-6-8-12(9-7-11)13(10-14(18)19)17-15(20)21-16(2,3)4/h6-9,13H,5,10H2,1-4H3,(H,17,20)(H,18,19)/t13-/m0/s1. The van der Waals surface area contributed by atoms with Crippen LogP contribution in [0.4, 0.5) is 4.79 Å². The molecule has 0 aliphatic carbocycles. The Hall–Kier alpha value is -2.04. The van der Waals surface area contributed by atoms with E-state index in [0.29, 0.717) is 0 Å². The number of aryl methyl sites for hydroxylation is 1. The number of ether oxygens (including phenoxy) is 1. The molecule has 0 spiro atoms. The van der Waals surface area contributed by atoms with E-state index in [4.69, 9.17) is 9.84 Å². The van der Waals surface area contributed by atoms with Crippen molar-refractivity contribution in [1.29, 1.82) is 0 Å². The zero-order chi connectivity index (χ0) is 16.0. The van der Waals surface area contributed by atoms with Crippen LogP contribution in [0.2, 0.25) is 0 Å². The lowest BCUT2D eigenvalue weighted by atomic mass is 10.0. The second-order valence-corrected chi connectivity index (χ2v) is 5.89. The van der Waals surface area contributed by atoms with Gasteiger partial charge >= 0.3 is 12.1 Å². The Kier molecular flexibility index (Phi) is 5.76. The number of rotatable bonds is 5. The third kappa shape index (κ3) is 6.29. The quantitative estimate of drug-likeness (QED) is 0.873. The van der Waals surface area contributed by atoms with Crippen LogP contribution in [0.15, 0.2) is 24.3 Å². The van der Waals surface area contributed by atoms with Gasteiger partial charge in [0, 0.05) is 0 Å². The van der Waals surface area contributed by atoms with Gasteiger partial charge in [0.05, 0.1) is 12.5 Å². The second-order valence-electron chi connectivity index (χ2n) is 5.89. The van der Waals surface area contributed by atoms with Gasteiger partial charge < -0.3 is 15.2 Å². The predicted octanol–water partition coefficient (Wildman–Crippen LogP) is 3.29. The summed E-state index contributed by atoms with van der Waals surface area (Å²) < 4.78 is 5.17. The average molecular weight is 293 g/mol. The van der Waals surface area contributed by atoms with Gasteiger partial charge in [-0.05, 0) is 38.3 Å². The molecule has 1 aromatic carbocycles. The summed E-state index contributed by atoms with van der Waals surface area (Å²) in [5.41, 5.74) is 1.29. The van der Waals surface area contributed by atoms with Crippen molar-refractivity contribution in [3.05, 3.63) is 35.4 Å². The van der Waals surface area contributed by atoms with Crippen LogP contribution in [0.5, 0.6) is 0 Å². The highest BCUT2D eigenvalue weighted by atomic mass is 16.6. The summed E-state index contributed by atoms with van der Waals surface area (Å²) in [5.74, 6) is -0.976. The number of alkyl carbamates (subject to hydrolysis) is 1. The lowest BCUT2D eigenvalue weighted by molar-refractivity contribution is -0.137. The highest BCUT2D eigenvalue weighted by Gasteiger charge is 2.22. The zero-order valence-corrected chi connectivity index (χ0v) is 13.0. The number of amides is 1. The first kappa shape index (κ1) is 17.0. The summed E-state index contributed by atoms with van der Waals surface area (Å²) in [6.07, 6.45) is 0.0991. The fourth-order valence-electron chi connectivity index (χ4n) is 1.86. The van der Waals surface area contributed by atoms with E-state index in [1.165, 1.54) is 0 Å². The van der Waals surface area contributed by atoms with E-state index in [1.807, 2.05) is 31.2 Å². The number of carbonyl (C=O) groups excluding carboxylic acids is 1. The molecule has 5 heteroatoms. The van der Waals surface area contributed by atoms with Crippen LogP contribution >= 0.6 is 0 Å². The topological polar surface area (TPSA) is 75.6 Å². The minimum absolute atomic E-state index is 0.190. The number of carbonyl (C=O) groups is 2. The fraction of sp³-hybridized carbons (Fsp3) is 0.500. The normalized spacial score (nSPS) is 12.6. The Labute approximate surface area is 125 Å². The maximum absolute atomic E-state index is 11.8. The lowest BCUT2D eigenvalue weighted by Crippen LogP contribution is -2.35. The van der Waals surface area contributed by atoms with Crippen molar-refractivity contribution >= 4 is 12.1 Å². The Balaban J connectivity index is 2.84. The molecule has 5 nitrogen and oxygen atoms in total. The number of benzene rings is 1. The number of carboxylic acids is 1. The van der Waals surface area contributed by atoms with E-state index >= 15 is 0 Å². The van der Waals surface area contributed by atoms with Gasteiger partial charge in [0.1, 0.15) is 5.60 Å². The minimum Gasteiger partial charge on any atom is -0.481 e. The monoisotopic (exact) mass is 293 g/mol. The molecule has 1 aromatic rings. The number of aliphatic carboxylic acids is 1. The third-order valence-electron chi connectivity index (χ3n) is 2.86. The van der Waals surface area contributed by atoms with Crippen molar-refractivity contribution in [3.8, 4) is 0 Å². The van der Waals surface area contributed by atoms with Gasteiger partial charge in [-0.25, -0.2) is 4.79 Å². The molecule has 0 unspecified atom stereocenters. The maximum Gasteiger partial charge on any atom is 0.408 e. The molecular formula is C16H23NO4. The average Bonchev–Trinajstić information content (AvgIpc) is 2.35. The van der Waals surface area contributed by atoms with Gasteiger partial charge in [0.2, 0.25) is 0 Å². The van der Waals surface area contributed by atoms with Crippen LogP contribution in [0, 0.1) is 0 Å². The number of hydrogen-bond donors (Lipinski definition) is 2. The van der Waals surface area contributed by atoms with Gasteiger partial charge in [0.15, 0.2) is 0 Å². The number of nitrogens with one attached hydrogen (secondary N) is 1. The van der Waals surface area contributed by atoms with Gasteiger partial charge in [-0.1, -0.05) is 31.2 Å². The highest BCUT2D eigenvalue weighted by Crippen LogP contribution is 2.19. The van der Waals surface area contributed by atoms with Crippen LogP contribution < -0.4 is 5.32 Å². The molecule has 0 aliphatic rings. The van der Waals surface area contributed by atoms with E-state index in [-0.39, 0.29) is 6.42 Å². The van der Waals surface area contributed by atoms with Gasteiger partial charge in [-0.3, -0.25) is 4.79 Å². The predicted molar refractivity (Wildman–Crippen MR) is 80.2 cm³/mol. The van der Waals surface area contributed by atoms with Crippen molar-refractivity contribution in [2.45, 2.75) is 52.2 Å². The number of hydrogen-bond acceptors (Lipinski definition) is 3. The Bertz CT molecular complexity index is 488. The second kappa shape index (κ2) is 7.11. The summed E-state index contributed by atoms with van der Waals surface area (Å²) >= 11 is 0. The first-order valence-corrected chi connectivity index (χ1v) is 7.01. The van der Waals surface area contributed by atoms with Crippen molar-refractivity contribution < 1.29 is 19.4 Å². The SMILES string of the molecule is CCc1ccc([C@H](CC(=O)O)NC(=O)OC(C)(C)C)cc1. The van der Waals surface area contributed by atoms with Crippen LogP contribution in [-0.4, -0.2) is 22.8 Å². The summed E-state index contributed by atoms with van der Waals surface area (Å²) in [6.45, 7) is 7.32. The molecule has 0 saturated heterocycles. The molecule has 1 amide bonds. The largest absolute Gasteiger partial charge is 0.481 e. The van der Waals surface area contributed by atoms with Crippen molar-refractivity contribution in [2.75, 3.05) is 0 Å². The number of carboxylic acid groups (broad SMARTS) is 1. The van der Waals surface area contributed by atoms with Crippen molar-refractivity contribution in [2.24, 2.45) is 0 Å². The lowest BCUT2D eigenvalue weighted by Gasteiger charge is -2.23. The summed E-state index contributed by atoms with van der Waals surface area (Å²) in [6, 6.07) is 6.93. The van der Waals surface area contributed by atoms with Crippen LogP contribution in [0.25, 0.3) is 0 Å². The molecule has 1 rings (SSSR count). The Morgan fingerprint density at radius 2 is 1.81 bits per heavy atom. The minimum atomic E-state index is -0.976. The zero-order valence-electron chi connectivity index (χ0n) is 13.0. The Morgan fingerprint density at radius 3 is 2.24 bits per heavy atom. The van der Waals surface area contributed by atoms with Gasteiger partial charge in [-0.2, -0.15) is 0 Å². The summed E-state index contributed by atoms with van der Waals surface area (Å²) in [5, 5.41) is 11.6. The van der Waals surface area contributed by atoms with Crippen LogP contribution in [0.3, 0.4) is 0 Å². The van der Waals surface area contributed by atoms with E-state index in [0.717, 1.165) is 17.5 Å². The molecule has 0 radical (unpaired) electrons. The molecule has 0 saturated carbocycles. The van der Waals surface area contributed by atoms with Gasteiger partial charge in [-0.15, -0.1) is 0 Å². The third-order valence-corrected chi connectivity index (χ3v) is 2.86. The van der Waals surface area contributed by atoms with E-state index in [2.05, 4.69) is 5.32 Å². The Morgan fingerprint density at radius 1 is 1.24 bits per heavy atom. The van der Waals surface area contributed by atoms with E-state index in [1.54, 1.807) is 20.8 Å². The summed E-state index contributed by atoms with van der Waals surface area (Å²) in [7, 11) is 0. The smallest absolute Gasteiger partial charge is 0.408 e. The fourth-order valence-corrected chi connectivity index (χ4v) is 1.86. The highest BCUT2D eigenvalue weighted by molar-refractivity contribution is 5.72. The van der Waals surface area contributed by atoms with Crippen molar-refractivity contribution in [3.63, 3.8) is 0 Å². The molecular weight excluding hydrogens is 270 g/mol. The molecule has 0 fully saturated rings. The van der Waals surface area contributed by atoms with E-state index < -0.39 is 23.7 Å². The molecule has 1 atom stereocenters. The molecule has 0 bridgehead atoms. The molecule has 0 aromatic heterocycles. The van der Waals surface area contributed by atoms with E-state index in [9.17, 15) is 9.59 Å². The van der Waals surface area contributed by atoms with Crippen LogP contribution in [-0.2, 0) is 16.0 Å². The molecule has 2 N–H and O–H groups in total. The van der Waals surface area contributed by atoms with Crippen molar-refractivity contribution in [1.82, 2.24) is 5.32 Å². The molecule has 116 valence electrons. The first-order valence-electron chi connectivity index (χ1n) is 7.01. The molecule has 0 heterocycles.